The Bertz CT molecular complexity index is 297. The molecule has 2 unspecified atom stereocenters. The summed E-state index contributed by atoms with van der Waals surface area (Å²) in [6.07, 6.45) is 2.95. The smallest absolute Gasteiger partial charge is 0.244 e. The van der Waals surface area contributed by atoms with E-state index >= 15 is 0 Å². The third kappa shape index (κ3) is 3.32. The van der Waals surface area contributed by atoms with Crippen molar-refractivity contribution in [2.24, 2.45) is 0 Å². The SMILES string of the molecule is CNC(C)CNC(=O)C(C)n1cncn1. The second-order valence-electron chi connectivity index (χ2n) is 3.49. The lowest BCUT2D eigenvalue weighted by atomic mass is 10.3. The Morgan fingerprint density at radius 3 is 2.80 bits per heavy atom. The van der Waals surface area contributed by atoms with Crippen molar-refractivity contribution in [3.05, 3.63) is 12.7 Å². The number of nitrogens with one attached hydrogen (secondary N) is 2. The second-order valence-corrected chi connectivity index (χ2v) is 3.49. The molecule has 15 heavy (non-hydrogen) atoms. The predicted molar refractivity (Wildman–Crippen MR) is 56.3 cm³/mol. The molecule has 2 N–H and O–H groups in total. The number of hydrogen-bond donors (Lipinski definition) is 2. The number of likely N-dealkylation sites (N-methyl/N-ethyl adjacent to an activating group) is 1. The van der Waals surface area contributed by atoms with E-state index in [2.05, 4.69) is 20.7 Å². The topological polar surface area (TPSA) is 71.8 Å². The zero-order valence-corrected chi connectivity index (χ0v) is 9.27. The monoisotopic (exact) mass is 211 g/mol. The van der Waals surface area contributed by atoms with Crippen LogP contribution in [0.1, 0.15) is 19.9 Å². The fourth-order valence-electron chi connectivity index (χ4n) is 1.04. The average Bonchev–Trinajstić information content (AvgIpc) is 2.77. The molecule has 0 spiro atoms. The van der Waals surface area contributed by atoms with Gasteiger partial charge in [0.1, 0.15) is 18.7 Å². The Morgan fingerprint density at radius 2 is 2.27 bits per heavy atom. The van der Waals surface area contributed by atoms with Crippen LogP contribution in [-0.2, 0) is 4.79 Å². The molecule has 1 rings (SSSR count). The van der Waals surface area contributed by atoms with E-state index in [0.717, 1.165) is 0 Å². The van der Waals surface area contributed by atoms with E-state index in [9.17, 15) is 4.79 Å². The summed E-state index contributed by atoms with van der Waals surface area (Å²) in [6, 6.07) is -0.0616. The van der Waals surface area contributed by atoms with Crippen LogP contribution in [0, 0.1) is 0 Å². The lowest BCUT2D eigenvalue weighted by Gasteiger charge is -2.15. The van der Waals surface area contributed by atoms with Crippen LogP contribution in [0.15, 0.2) is 12.7 Å². The molecule has 0 saturated carbocycles. The van der Waals surface area contributed by atoms with Crippen molar-refractivity contribution < 1.29 is 4.79 Å². The van der Waals surface area contributed by atoms with Gasteiger partial charge in [-0.05, 0) is 20.9 Å². The van der Waals surface area contributed by atoms with Gasteiger partial charge in [0.15, 0.2) is 0 Å². The Morgan fingerprint density at radius 1 is 1.53 bits per heavy atom. The summed E-state index contributed by atoms with van der Waals surface area (Å²) in [6.45, 7) is 4.39. The first kappa shape index (κ1) is 11.6. The number of amides is 1. The Labute approximate surface area is 89.1 Å². The standard InChI is InChI=1S/C9H17N5O/c1-7(10-3)4-12-9(15)8(2)14-6-11-5-13-14/h5-8,10H,4H2,1-3H3,(H,12,15). The molecule has 1 heterocycles. The summed E-state index contributed by atoms with van der Waals surface area (Å²) < 4.78 is 1.53. The quantitative estimate of drug-likeness (QED) is 0.693. The highest BCUT2D eigenvalue weighted by Crippen LogP contribution is 2.01. The maximum Gasteiger partial charge on any atom is 0.244 e. The summed E-state index contributed by atoms with van der Waals surface area (Å²) >= 11 is 0. The van der Waals surface area contributed by atoms with Gasteiger partial charge in [-0.25, -0.2) is 9.67 Å². The average molecular weight is 211 g/mol. The molecule has 0 aliphatic heterocycles. The molecule has 1 aromatic rings. The van der Waals surface area contributed by atoms with Crippen LogP contribution in [0.3, 0.4) is 0 Å². The first-order chi connectivity index (χ1) is 7.15. The van der Waals surface area contributed by atoms with Gasteiger partial charge >= 0.3 is 0 Å². The summed E-state index contributed by atoms with van der Waals surface area (Å²) in [4.78, 5) is 15.4. The van der Waals surface area contributed by atoms with Crippen molar-refractivity contribution >= 4 is 5.91 Å². The van der Waals surface area contributed by atoms with Gasteiger partial charge in [-0.1, -0.05) is 0 Å². The van der Waals surface area contributed by atoms with Crippen molar-refractivity contribution in [1.82, 2.24) is 25.4 Å². The first-order valence-electron chi connectivity index (χ1n) is 4.94. The molecule has 1 aromatic heterocycles. The summed E-state index contributed by atoms with van der Waals surface area (Å²) in [5, 5.41) is 9.79. The Kier molecular flexibility index (Phi) is 4.23. The highest BCUT2D eigenvalue weighted by Gasteiger charge is 2.15. The van der Waals surface area contributed by atoms with E-state index in [1.165, 1.54) is 17.3 Å². The van der Waals surface area contributed by atoms with Crippen LogP contribution in [0.2, 0.25) is 0 Å². The molecular formula is C9H17N5O. The van der Waals surface area contributed by atoms with Crippen LogP contribution in [0.25, 0.3) is 0 Å². The molecule has 0 bridgehead atoms. The van der Waals surface area contributed by atoms with Gasteiger partial charge in [0, 0.05) is 12.6 Å². The second kappa shape index (κ2) is 5.45. The van der Waals surface area contributed by atoms with Crippen molar-refractivity contribution in [1.29, 1.82) is 0 Å². The predicted octanol–water partition coefficient (Wildman–Crippen LogP) is -0.437. The molecule has 0 saturated heterocycles. The van der Waals surface area contributed by atoms with E-state index in [1.54, 1.807) is 6.92 Å². The lowest BCUT2D eigenvalue weighted by Crippen LogP contribution is -2.40. The Hall–Kier alpha value is -1.43. The molecule has 0 aromatic carbocycles. The molecule has 6 nitrogen and oxygen atoms in total. The van der Waals surface area contributed by atoms with Crippen molar-refractivity contribution in [2.45, 2.75) is 25.9 Å². The maximum atomic E-state index is 11.6. The van der Waals surface area contributed by atoms with Crippen LogP contribution < -0.4 is 10.6 Å². The van der Waals surface area contributed by atoms with Gasteiger partial charge in [-0.3, -0.25) is 4.79 Å². The highest BCUT2D eigenvalue weighted by molar-refractivity contribution is 5.79. The number of aromatic nitrogens is 3. The fraction of sp³-hybridized carbons (Fsp3) is 0.667. The lowest BCUT2D eigenvalue weighted by molar-refractivity contribution is -0.124. The fourth-order valence-corrected chi connectivity index (χ4v) is 1.04. The Balaban J connectivity index is 2.41. The van der Waals surface area contributed by atoms with Crippen LogP contribution in [-0.4, -0.2) is 40.3 Å². The van der Waals surface area contributed by atoms with Gasteiger partial charge in [0.25, 0.3) is 0 Å². The first-order valence-corrected chi connectivity index (χ1v) is 4.94. The number of rotatable bonds is 5. The maximum absolute atomic E-state index is 11.6. The van der Waals surface area contributed by atoms with E-state index in [4.69, 9.17) is 0 Å². The molecule has 0 aliphatic rings. The minimum absolute atomic E-state index is 0.0531. The van der Waals surface area contributed by atoms with Gasteiger partial charge in [-0.15, -0.1) is 0 Å². The molecule has 2 atom stereocenters. The third-order valence-electron chi connectivity index (χ3n) is 2.29. The summed E-state index contributed by atoms with van der Waals surface area (Å²) in [7, 11) is 1.86. The largest absolute Gasteiger partial charge is 0.353 e. The van der Waals surface area contributed by atoms with Crippen molar-refractivity contribution in [3.63, 3.8) is 0 Å². The van der Waals surface area contributed by atoms with Gasteiger partial charge in [0.2, 0.25) is 5.91 Å². The summed E-state index contributed by atoms with van der Waals surface area (Å²) in [5.41, 5.74) is 0. The van der Waals surface area contributed by atoms with E-state index in [-0.39, 0.29) is 18.0 Å². The molecule has 0 radical (unpaired) electrons. The van der Waals surface area contributed by atoms with Gasteiger partial charge < -0.3 is 10.6 Å². The van der Waals surface area contributed by atoms with Crippen molar-refractivity contribution in [3.8, 4) is 0 Å². The molecule has 0 fully saturated rings. The molecule has 1 amide bonds. The van der Waals surface area contributed by atoms with E-state index in [1.807, 2.05) is 14.0 Å². The molecule has 6 heteroatoms. The third-order valence-corrected chi connectivity index (χ3v) is 2.29. The number of nitrogens with zero attached hydrogens (tertiary/aromatic N) is 3. The normalized spacial score (nSPS) is 14.6. The van der Waals surface area contributed by atoms with Crippen LogP contribution in [0.5, 0.6) is 0 Å². The van der Waals surface area contributed by atoms with E-state index in [0.29, 0.717) is 6.54 Å². The minimum Gasteiger partial charge on any atom is -0.353 e. The number of carbonyl (C=O) groups is 1. The zero-order chi connectivity index (χ0) is 11.3. The molecule has 0 aliphatic carbocycles. The van der Waals surface area contributed by atoms with Gasteiger partial charge in [0.05, 0.1) is 0 Å². The molecular weight excluding hydrogens is 194 g/mol. The van der Waals surface area contributed by atoms with Gasteiger partial charge in [-0.2, -0.15) is 5.10 Å². The van der Waals surface area contributed by atoms with E-state index < -0.39 is 0 Å². The van der Waals surface area contributed by atoms with Crippen molar-refractivity contribution in [2.75, 3.05) is 13.6 Å². The van der Waals surface area contributed by atoms with Crippen LogP contribution in [0.4, 0.5) is 0 Å². The summed E-state index contributed by atoms with van der Waals surface area (Å²) in [5.74, 6) is -0.0531. The van der Waals surface area contributed by atoms with Crippen LogP contribution >= 0.6 is 0 Å². The number of hydrogen-bond acceptors (Lipinski definition) is 4. The molecule has 84 valence electrons. The highest BCUT2D eigenvalue weighted by atomic mass is 16.2. The zero-order valence-electron chi connectivity index (χ0n) is 9.27. The minimum atomic E-state index is -0.323. The number of carbonyl (C=O) groups excluding carboxylic acids is 1.